The van der Waals surface area contributed by atoms with Gasteiger partial charge >= 0.3 is 12.1 Å². The third-order valence-electron chi connectivity index (χ3n) is 4.13. The Bertz CT molecular complexity index is 1180. The Balaban J connectivity index is 2.08. The number of hydrogen-bond donors (Lipinski definition) is 0. The minimum Gasteiger partial charge on any atom is -0.465 e. The lowest BCUT2D eigenvalue weighted by Crippen LogP contribution is -2.31. The van der Waals surface area contributed by atoms with Crippen molar-refractivity contribution in [1.29, 1.82) is 0 Å². The molecule has 6 nitrogen and oxygen atoms in total. The van der Waals surface area contributed by atoms with Crippen molar-refractivity contribution in [1.82, 2.24) is 4.98 Å². The van der Waals surface area contributed by atoms with Gasteiger partial charge in [-0.15, -0.1) is 11.3 Å². The van der Waals surface area contributed by atoms with E-state index in [1.165, 1.54) is 42.7 Å². The Morgan fingerprint density at radius 1 is 1.23 bits per heavy atom. The second-order valence-corrected chi connectivity index (χ2v) is 9.44. The highest BCUT2D eigenvalue weighted by Gasteiger charge is 2.34. The van der Waals surface area contributed by atoms with Gasteiger partial charge in [-0.3, -0.25) is 0 Å². The average molecular weight is 491 g/mol. The monoisotopic (exact) mass is 490 g/mol. The Morgan fingerprint density at radius 3 is 2.42 bits per heavy atom. The van der Waals surface area contributed by atoms with Gasteiger partial charge < -0.3 is 4.74 Å². The van der Waals surface area contributed by atoms with E-state index in [2.05, 4.69) is 9.72 Å². The van der Waals surface area contributed by atoms with Crippen molar-refractivity contribution in [2.24, 2.45) is 0 Å². The number of sulfonamides is 1. The van der Waals surface area contributed by atoms with Crippen LogP contribution in [0.4, 0.5) is 19.0 Å². The number of pyridine rings is 1. The van der Waals surface area contributed by atoms with Gasteiger partial charge in [0, 0.05) is 11.1 Å². The summed E-state index contributed by atoms with van der Waals surface area (Å²) in [6.45, 7) is -0.198. The minimum absolute atomic E-state index is 0.136. The van der Waals surface area contributed by atoms with Crippen LogP contribution in [0.15, 0.2) is 58.9 Å². The van der Waals surface area contributed by atoms with E-state index < -0.39 is 32.8 Å². The van der Waals surface area contributed by atoms with Gasteiger partial charge in [0.1, 0.15) is 0 Å². The molecule has 1 aromatic carbocycles. The predicted molar refractivity (Wildman–Crippen MR) is 110 cm³/mol. The van der Waals surface area contributed by atoms with Crippen LogP contribution in [0, 0.1) is 0 Å². The van der Waals surface area contributed by atoms with Crippen molar-refractivity contribution in [2.45, 2.75) is 17.6 Å². The second kappa shape index (κ2) is 8.85. The van der Waals surface area contributed by atoms with Crippen molar-refractivity contribution >= 4 is 44.7 Å². The number of alkyl halides is 3. The van der Waals surface area contributed by atoms with Gasteiger partial charge in [0.25, 0.3) is 10.0 Å². The van der Waals surface area contributed by atoms with Crippen molar-refractivity contribution < 1.29 is 31.1 Å². The smallest absolute Gasteiger partial charge is 0.417 e. The Labute approximate surface area is 184 Å². The van der Waals surface area contributed by atoms with Gasteiger partial charge in [0.05, 0.1) is 34.7 Å². The molecule has 31 heavy (non-hydrogen) atoms. The van der Waals surface area contributed by atoms with E-state index >= 15 is 0 Å². The zero-order chi connectivity index (χ0) is 22.8. The van der Waals surface area contributed by atoms with Crippen LogP contribution in [-0.2, 0) is 27.5 Å². The lowest BCUT2D eigenvalue weighted by Gasteiger charge is -2.24. The summed E-state index contributed by atoms with van der Waals surface area (Å²) in [6.07, 6.45) is -4.16. The van der Waals surface area contributed by atoms with Gasteiger partial charge in [0.2, 0.25) is 0 Å². The summed E-state index contributed by atoms with van der Waals surface area (Å²) < 4.78 is 71.0. The molecule has 0 saturated heterocycles. The zero-order valence-electron chi connectivity index (χ0n) is 15.8. The molecule has 164 valence electrons. The van der Waals surface area contributed by atoms with Crippen LogP contribution in [-0.4, -0.2) is 26.5 Å². The molecule has 0 bridgehead atoms. The standard InChI is InChI=1S/C19H14ClF3N2O4S2/c1-29-18(26)12-4-6-15(7-5-12)31(27,28)25(11-14-3-2-8-30-14)17-16(20)9-13(10-24-17)19(21,22)23/h2-10H,11H2,1H3. The molecule has 0 unspecified atom stereocenters. The number of benzene rings is 1. The van der Waals surface area contributed by atoms with Crippen LogP contribution < -0.4 is 4.31 Å². The summed E-state index contributed by atoms with van der Waals surface area (Å²) in [6, 6.07) is 8.93. The van der Waals surface area contributed by atoms with Crippen LogP contribution in [0.25, 0.3) is 0 Å². The van der Waals surface area contributed by atoms with Crippen molar-refractivity contribution in [3.63, 3.8) is 0 Å². The molecule has 2 heterocycles. The number of anilines is 1. The number of hydrogen-bond acceptors (Lipinski definition) is 6. The third kappa shape index (κ3) is 5.00. The summed E-state index contributed by atoms with van der Waals surface area (Å²) in [5, 5.41) is 1.26. The number of thiophene rings is 1. The van der Waals surface area contributed by atoms with E-state index in [0.717, 1.165) is 4.31 Å². The van der Waals surface area contributed by atoms with Crippen molar-refractivity contribution in [3.05, 3.63) is 75.1 Å². The SMILES string of the molecule is COC(=O)c1ccc(S(=O)(=O)N(Cc2cccs2)c2ncc(C(F)(F)F)cc2Cl)cc1. The van der Waals surface area contributed by atoms with Crippen molar-refractivity contribution in [3.8, 4) is 0 Å². The molecule has 0 spiro atoms. The number of ether oxygens (including phenoxy) is 1. The molecule has 0 radical (unpaired) electrons. The van der Waals surface area contributed by atoms with Gasteiger partial charge in [-0.2, -0.15) is 13.2 Å². The van der Waals surface area contributed by atoms with E-state index in [1.807, 2.05) is 0 Å². The largest absolute Gasteiger partial charge is 0.465 e. The lowest BCUT2D eigenvalue weighted by atomic mass is 10.2. The molecule has 2 aromatic heterocycles. The van der Waals surface area contributed by atoms with Crippen LogP contribution in [0.3, 0.4) is 0 Å². The van der Waals surface area contributed by atoms with Crippen LogP contribution in [0.1, 0.15) is 20.8 Å². The Hall–Kier alpha value is -2.63. The van der Waals surface area contributed by atoms with E-state index in [9.17, 15) is 26.4 Å². The molecule has 0 aliphatic carbocycles. The maximum atomic E-state index is 13.3. The normalized spacial score (nSPS) is 11.9. The first-order valence-electron chi connectivity index (χ1n) is 8.50. The maximum Gasteiger partial charge on any atom is 0.417 e. The number of nitrogens with zero attached hydrogens (tertiary/aromatic N) is 2. The number of rotatable bonds is 6. The summed E-state index contributed by atoms with van der Waals surface area (Å²) in [4.78, 5) is 15.7. The highest BCUT2D eigenvalue weighted by Crippen LogP contribution is 2.36. The highest BCUT2D eigenvalue weighted by atomic mass is 35.5. The fourth-order valence-electron chi connectivity index (χ4n) is 2.60. The molecule has 0 fully saturated rings. The van der Waals surface area contributed by atoms with Gasteiger partial charge in [0.15, 0.2) is 5.82 Å². The molecule has 0 N–H and O–H groups in total. The molecule has 0 aliphatic heterocycles. The van der Waals surface area contributed by atoms with Crippen LogP contribution in [0.2, 0.25) is 5.02 Å². The van der Waals surface area contributed by atoms with Gasteiger partial charge in [-0.1, -0.05) is 17.7 Å². The highest BCUT2D eigenvalue weighted by molar-refractivity contribution is 7.92. The van der Waals surface area contributed by atoms with E-state index in [0.29, 0.717) is 17.1 Å². The maximum absolute atomic E-state index is 13.3. The average Bonchev–Trinajstić information content (AvgIpc) is 3.24. The second-order valence-electron chi connectivity index (χ2n) is 6.13. The molecule has 0 aliphatic rings. The number of carbonyl (C=O) groups excluding carboxylic acids is 1. The quantitative estimate of drug-likeness (QED) is 0.455. The summed E-state index contributed by atoms with van der Waals surface area (Å²) in [7, 11) is -3.10. The zero-order valence-corrected chi connectivity index (χ0v) is 18.1. The first kappa shape index (κ1) is 23.0. The topological polar surface area (TPSA) is 76.6 Å². The predicted octanol–water partition coefficient (Wildman–Crippen LogP) is 5.00. The molecular formula is C19H14ClF3N2O4S2. The van der Waals surface area contributed by atoms with E-state index in [-0.39, 0.29) is 22.8 Å². The van der Waals surface area contributed by atoms with Crippen LogP contribution in [0.5, 0.6) is 0 Å². The Morgan fingerprint density at radius 2 is 1.90 bits per heavy atom. The molecule has 12 heteroatoms. The number of carbonyl (C=O) groups is 1. The van der Waals surface area contributed by atoms with Gasteiger partial charge in [-0.05, 0) is 41.8 Å². The number of methoxy groups -OCH3 is 1. The molecule has 3 rings (SSSR count). The van der Waals surface area contributed by atoms with E-state index in [1.54, 1.807) is 17.5 Å². The summed E-state index contributed by atoms with van der Waals surface area (Å²) in [5.74, 6) is -0.994. The summed E-state index contributed by atoms with van der Waals surface area (Å²) >= 11 is 7.28. The van der Waals surface area contributed by atoms with Crippen molar-refractivity contribution in [2.75, 3.05) is 11.4 Å². The molecule has 3 aromatic rings. The summed E-state index contributed by atoms with van der Waals surface area (Å²) in [5.41, 5.74) is -0.964. The fourth-order valence-corrected chi connectivity index (χ4v) is 5.10. The minimum atomic E-state index is -4.68. The number of esters is 1. The Kier molecular flexibility index (Phi) is 6.58. The molecule has 0 saturated carbocycles. The van der Waals surface area contributed by atoms with Crippen LogP contribution >= 0.6 is 22.9 Å². The number of halogens is 4. The lowest BCUT2D eigenvalue weighted by molar-refractivity contribution is -0.137. The first-order valence-corrected chi connectivity index (χ1v) is 11.2. The molecular weight excluding hydrogens is 477 g/mol. The molecule has 0 amide bonds. The first-order chi connectivity index (χ1) is 14.5. The fraction of sp³-hybridized carbons (Fsp3) is 0.158. The van der Waals surface area contributed by atoms with E-state index in [4.69, 9.17) is 11.6 Å². The molecule has 0 atom stereocenters. The third-order valence-corrected chi connectivity index (χ3v) is 7.02. The number of aromatic nitrogens is 1. The van der Waals surface area contributed by atoms with Gasteiger partial charge in [-0.25, -0.2) is 22.5 Å².